The molecule has 0 radical (unpaired) electrons. The quantitative estimate of drug-likeness (QED) is 0.523. The zero-order chi connectivity index (χ0) is 20.2. The molecule has 29 heavy (non-hydrogen) atoms. The fourth-order valence-electron chi connectivity index (χ4n) is 3.48. The minimum absolute atomic E-state index is 0.158. The van der Waals surface area contributed by atoms with Crippen LogP contribution in [0.4, 0.5) is 5.69 Å². The molecule has 1 amide bonds. The molecule has 0 heterocycles. The SMILES string of the molecule is Cc1ccc(C(=O)CC2CC2)cc1NC(=O)c1cccc(Cc2ccccc2)c1. The Balaban J connectivity index is 1.49. The second kappa shape index (κ2) is 8.44. The van der Waals surface area contributed by atoms with Gasteiger partial charge in [0.1, 0.15) is 0 Å². The first-order chi connectivity index (χ1) is 14.1. The molecule has 0 bridgehead atoms. The molecule has 1 fully saturated rings. The van der Waals surface area contributed by atoms with E-state index in [1.165, 1.54) is 5.56 Å². The number of aryl methyl sites for hydroxylation is 1. The molecule has 0 aliphatic heterocycles. The Bertz CT molecular complexity index is 1040. The third-order valence-electron chi connectivity index (χ3n) is 5.42. The van der Waals surface area contributed by atoms with Crippen LogP contribution in [0.25, 0.3) is 0 Å². The molecule has 3 heteroatoms. The van der Waals surface area contributed by atoms with E-state index in [2.05, 4.69) is 17.4 Å². The molecule has 146 valence electrons. The molecule has 1 saturated carbocycles. The van der Waals surface area contributed by atoms with Gasteiger partial charge in [-0.15, -0.1) is 0 Å². The molecule has 0 spiro atoms. The highest BCUT2D eigenvalue weighted by Gasteiger charge is 2.25. The molecule has 0 unspecified atom stereocenters. The Hall–Kier alpha value is -3.20. The monoisotopic (exact) mass is 383 g/mol. The molecule has 4 rings (SSSR count). The molecule has 1 aliphatic carbocycles. The van der Waals surface area contributed by atoms with Crippen LogP contribution in [0.1, 0.15) is 56.7 Å². The van der Waals surface area contributed by atoms with E-state index in [1.54, 1.807) is 0 Å². The largest absolute Gasteiger partial charge is 0.322 e. The summed E-state index contributed by atoms with van der Waals surface area (Å²) in [6, 6.07) is 23.5. The summed E-state index contributed by atoms with van der Waals surface area (Å²) in [5.74, 6) is 0.553. The number of benzene rings is 3. The summed E-state index contributed by atoms with van der Waals surface area (Å²) in [7, 11) is 0. The third kappa shape index (κ3) is 5.00. The maximum atomic E-state index is 12.8. The van der Waals surface area contributed by atoms with Crippen LogP contribution < -0.4 is 5.32 Å². The Labute approximate surface area is 171 Å². The van der Waals surface area contributed by atoms with Crippen molar-refractivity contribution in [3.05, 3.63) is 101 Å². The summed E-state index contributed by atoms with van der Waals surface area (Å²) < 4.78 is 0. The van der Waals surface area contributed by atoms with Crippen molar-refractivity contribution in [2.75, 3.05) is 5.32 Å². The number of ketones is 1. The van der Waals surface area contributed by atoms with Gasteiger partial charge in [-0.3, -0.25) is 9.59 Å². The van der Waals surface area contributed by atoms with Gasteiger partial charge in [0.25, 0.3) is 5.91 Å². The molecule has 3 aromatic carbocycles. The van der Waals surface area contributed by atoms with Gasteiger partial charge in [-0.25, -0.2) is 0 Å². The van der Waals surface area contributed by atoms with E-state index < -0.39 is 0 Å². The van der Waals surface area contributed by atoms with Crippen LogP contribution in [0.15, 0.2) is 72.8 Å². The van der Waals surface area contributed by atoms with Gasteiger partial charge in [0.05, 0.1) is 0 Å². The Kier molecular flexibility index (Phi) is 5.57. The summed E-state index contributed by atoms with van der Waals surface area (Å²) in [5, 5.41) is 2.99. The molecular formula is C26H25NO2. The maximum Gasteiger partial charge on any atom is 0.255 e. The summed E-state index contributed by atoms with van der Waals surface area (Å²) in [6.07, 6.45) is 3.70. The molecule has 1 aliphatic rings. The van der Waals surface area contributed by atoms with Crippen molar-refractivity contribution in [2.45, 2.75) is 32.6 Å². The van der Waals surface area contributed by atoms with Gasteiger partial charge in [0.2, 0.25) is 0 Å². The number of rotatable bonds is 7. The summed E-state index contributed by atoms with van der Waals surface area (Å²) in [5.41, 5.74) is 5.24. The van der Waals surface area contributed by atoms with Gasteiger partial charge in [0.15, 0.2) is 5.78 Å². The molecule has 0 aromatic heterocycles. The van der Waals surface area contributed by atoms with Gasteiger partial charge in [-0.2, -0.15) is 0 Å². The molecule has 3 nitrogen and oxygen atoms in total. The number of nitrogens with one attached hydrogen (secondary N) is 1. The predicted molar refractivity (Wildman–Crippen MR) is 116 cm³/mol. The van der Waals surface area contributed by atoms with E-state index in [-0.39, 0.29) is 11.7 Å². The third-order valence-corrected chi connectivity index (χ3v) is 5.42. The summed E-state index contributed by atoms with van der Waals surface area (Å²) >= 11 is 0. The predicted octanol–water partition coefficient (Wildman–Crippen LogP) is 5.82. The highest BCUT2D eigenvalue weighted by Crippen LogP contribution is 2.34. The van der Waals surface area contributed by atoms with Crippen LogP contribution in [0, 0.1) is 12.8 Å². The average molecular weight is 383 g/mol. The van der Waals surface area contributed by atoms with Gasteiger partial charge >= 0.3 is 0 Å². The number of carbonyl (C=O) groups excluding carboxylic acids is 2. The van der Waals surface area contributed by atoms with Crippen molar-refractivity contribution in [3.63, 3.8) is 0 Å². The average Bonchev–Trinajstić information content (AvgIpc) is 3.54. The van der Waals surface area contributed by atoms with Crippen LogP contribution in [0.5, 0.6) is 0 Å². The first-order valence-electron chi connectivity index (χ1n) is 10.2. The number of Topliss-reactive ketones (excluding diaryl/α,β-unsaturated/α-hetero) is 1. The normalized spacial score (nSPS) is 13.1. The lowest BCUT2D eigenvalue weighted by atomic mass is 10.0. The van der Waals surface area contributed by atoms with Crippen LogP contribution in [-0.4, -0.2) is 11.7 Å². The van der Waals surface area contributed by atoms with Crippen LogP contribution >= 0.6 is 0 Å². The van der Waals surface area contributed by atoms with E-state index in [4.69, 9.17) is 0 Å². The number of hydrogen-bond acceptors (Lipinski definition) is 2. The Morgan fingerprint density at radius 2 is 1.62 bits per heavy atom. The first kappa shape index (κ1) is 19.1. The molecule has 3 aromatic rings. The Morgan fingerprint density at radius 1 is 0.862 bits per heavy atom. The van der Waals surface area contributed by atoms with E-state index in [1.807, 2.05) is 67.6 Å². The van der Waals surface area contributed by atoms with Gasteiger partial charge in [-0.05, 0) is 67.0 Å². The lowest BCUT2D eigenvalue weighted by Crippen LogP contribution is -2.14. The standard InChI is InChI=1S/C26H25NO2/c1-18-10-13-22(25(28)16-20-11-12-20)17-24(18)27-26(29)23-9-5-8-21(15-23)14-19-6-3-2-4-7-19/h2-10,13,15,17,20H,11-12,14,16H2,1H3,(H,27,29). The smallest absolute Gasteiger partial charge is 0.255 e. The lowest BCUT2D eigenvalue weighted by molar-refractivity contribution is 0.0974. The second-order valence-corrected chi connectivity index (χ2v) is 7.92. The van der Waals surface area contributed by atoms with Crippen molar-refractivity contribution in [2.24, 2.45) is 5.92 Å². The van der Waals surface area contributed by atoms with E-state index in [9.17, 15) is 9.59 Å². The zero-order valence-electron chi connectivity index (χ0n) is 16.7. The summed E-state index contributed by atoms with van der Waals surface area (Å²) in [4.78, 5) is 25.3. The van der Waals surface area contributed by atoms with Crippen LogP contribution in [0.2, 0.25) is 0 Å². The first-order valence-corrected chi connectivity index (χ1v) is 10.2. The van der Waals surface area contributed by atoms with Gasteiger partial charge in [-0.1, -0.05) is 54.6 Å². The molecule has 0 atom stereocenters. The van der Waals surface area contributed by atoms with Gasteiger partial charge < -0.3 is 5.32 Å². The number of hydrogen-bond donors (Lipinski definition) is 1. The van der Waals surface area contributed by atoms with E-state index >= 15 is 0 Å². The molecule has 1 N–H and O–H groups in total. The Morgan fingerprint density at radius 3 is 2.38 bits per heavy atom. The fraction of sp³-hybridized carbons (Fsp3) is 0.231. The molecule has 0 saturated heterocycles. The topological polar surface area (TPSA) is 46.2 Å². The van der Waals surface area contributed by atoms with Crippen molar-refractivity contribution < 1.29 is 9.59 Å². The fourth-order valence-corrected chi connectivity index (χ4v) is 3.48. The van der Waals surface area contributed by atoms with Crippen molar-refractivity contribution in [1.82, 2.24) is 0 Å². The number of amides is 1. The maximum absolute atomic E-state index is 12.8. The minimum atomic E-state index is -0.158. The van der Waals surface area contributed by atoms with Gasteiger partial charge in [0, 0.05) is 23.2 Å². The van der Waals surface area contributed by atoms with Crippen molar-refractivity contribution in [3.8, 4) is 0 Å². The molecular weight excluding hydrogens is 358 g/mol. The van der Waals surface area contributed by atoms with Crippen LogP contribution in [0.3, 0.4) is 0 Å². The highest BCUT2D eigenvalue weighted by atomic mass is 16.1. The number of carbonyl (C=O) groups is 2. The highest BCUT2D eigenvalue weighted by molar-refractivity contribution is 6.06. The van der Waals surface area contributed by atoms with Crippen molar-refractivity contribution >= 4 is 17.4 Å². The number of anilines is 1. The zero-order valence-corrected chi connectivity index (χ0v) is 16.7. The summed E-state index contributed by atoms with van der Waals surface area (Å²) in [6.45, 7) is 1.94. The van der Waals surface area contributed by atoms with Crippen LogP contribution in [-0.2, 0) is 6.42 Å². The van der Waals surface area contributed by atoms with E-state index in [0.29, 0.717) is 29.2 Å². The van der Waals surface area contributed by atoms with E-state index in [0.717, 1.165) is 30.4 Å². The van der Waals surface area contributed by atoms with Crippen molar-refractivity contribution in [1.29, 1.82) is 0 Å². The second-order valence-electron chi connectivity index (χ2n) is 7.92. The minimum Gasteiger partial charge on any atom is -0.322 e. The lowest BCUT2D eigenvalue weighted by Gasteiger charge is -2.11.